The molecule has 5 heteroatoms. The number of hydrogen-bond donors (Lipinski definition) is 2. The Morgan fingerprint density at radius 1 is 1.24 bits per heavy atom. The molecule has 2 N–H and O–H groups in total. The largest absolute Gasteiger partial charge is 0.761 e. The highest BCUT2D eigenvalue weighted by atomic mass is 19.1. The van der Waals surface area contributed by atoms with Gasteiger partial charge in [0.05, 0.1) is 16.9 Å². The van der Waals surface area contributed by atoms with Crippen LogP contribution in [0.2, 0.25) is 0 Å². The maximum atomic E-state index is 13.8. The third kappa shape index (κ3) is 2.05. The Labute approximate surface area is 98.1 Å². The molecule has 1 aromatic heterocycles. The van der Waals surface area contributed by atoms with Crippen LogP contribution in [-0.2, 0) is 0 Å². The van der Waals surface area contributed by atoms with E-state index in [-0.39, 0.29) is 11.3 Å². The third-order valence-electron chi connectivity index (χ3n) is 2.44. The van der Waals surface area contributed by atoms with E-state index in [9.17, 15) is 9.60 Å². The summed E-state index contributed by atoms with van der Waals surface area (Å²) in [7, 11) is 1.63. The number of halogens is 1. The van der Waals surface area contributed by atoms with Crippen molar-refractivity contribution in [3.63, 3.8) is 0 Å². The van der Waals surface area contributed by atoms with Crippen LogP contribution in [0.5, 0.6) is 0 Å². The van der Waals surface area contributed by atoms with Crippen LogP contribution >= 0.6 is 0 Å². The van der Waals surface area contributed by atoms with Crippen LogP contribution in [0, 0.1) is 11.0 Å². The van der Waals surface area contributed by atoms with Crippen molar-refractivity contribution in [2.75, 3.05) is 17.8 Å². The molecule has 0 spiro atoms. The Morgan fingerprint density at radius 3 is 2.65 bits per heavy atom. The average Bonchev–Trinajstić information content (AvgIpc) is 2.39. The second-order valence-electron chi connectivity index (χ2n) is 3.41. The van der Waals surface area contributed by atoms with Gasteiger partial charge in [-0.15, -0.1) is 0 Å². The van der Waals surface area contributed by atoms with Crippen molar-refractivity contribution >= 4 is 11.4 Å². The van der Waals surface area contributed by atoms with Gasteiger partial charge < -0.3 is 16.0 Å². The maximum Gasteiger partial charge on any atom is 0.134 e. The molecular weight excluding hydrogens is 221 g/mol. The van der Waals surface area contributed by atoms with Crippen molar-refractivity contribution < 1.29 is 4.39 Å². The molecule has 0 saturated heterocycles. The molecule has 0 aliphatic rings. The molecule has 2 aromatic rings. The molecule has 0 amide bonds. The monoisotopic (exact) mass is 232 g/mol. The van der Waals surface area contributed by atoms with Crippen LogP contribution in [0.4, 0.5) is 15.8 Å². The number of benzene rings is 1. The molecule has 0 aliphatic heterocycles. The zero-order valence-electron chi connectivity index (χ0n) is 9.20. The Balaban J connectivity index is 2.67. The van der Waals surface area contributed by atoms with Gasteiger partial charge in [0, 0.05) is 18.9 Å². The van der Waals surface area contributed by atoms with Gasteiger partial charge in [0.1, 0.15) is 5.82 Å². The normalized spacial score (nSPS) is 10.1. The van der Waals surface area contributed by atoms with E-state index in [1.165, 1.54) is 12.1 Å². The smallest absolute Gasteiger partial charge is 0.134 e. The standard InChI is InChI=1S/C12H11FN3O/c1-14-12-10(16-17)6-5-8(13)11(12)9-4-2-3-7-15-9/h2-7,14,16H,1H3/q-1. The summed E-state index contributed by atoms with van der Waals surface area (Å²) < 4.78 is 13.8. The van der Waals surface area contributed by atoms with E-state index in [1.807, 2.05) is 0 Å². The highest BCUT2D eigenvalue weighted by molar-refractivity contribution is 5.86. The van der Waals surface area contributed by atoms with E-state index in [1.54, 1.807) is 36.9 Å². The fraction of sp³-hybridized carbons (Fsp3) is 0.0833. The SMILES string of the molecule is CNc1c(N[O-])ccc(F)c1-c1ccccn1. The lowest BCUT2D eigenvalue weighted by Gasteiger charge is -2.18. The van der Waals surface area contributed by atoms with Crippen LogP contribution < -0.4 is 10.8 Å². The second kappa shape index (κ2) is 4.80. The van der Waals surface area contributed by atoms with E-state index in [0.29, 0.717) is 11.4 Å². The van der Waals surface area contributed by atoms with Crippen LogP contribution in [0.25, 0.3) is 11.3 Å². The average molecular weight is 232 g/mol. The first-order chi connectivity index (χ1) is 8.27. The first-order valence-corrected chi connectivity index (χ1v) is 5.07. The lowest BCUT2D eigenvalue weighted by Crippen LogP contribution is -2.00. The zero-order valence-corrected chi connectivity index (χ0v) is 9.20. The summed E-state index contributed by atoms with van der Waals surface area (Å²) in [5.74, 6) is -0.424. The summed E-state index contributed by atoms with van der Waals surface area (Å²) in [5.41, 5.74) is 3.23. The quantitative estimate of drug-likeness (QED) is 0.799. The molecule has 2 rings (SSSR count). The summed E-state index contributed by atoms with van der Waals surface area (Å²) >= 11 is 0. The van der Waals surface area contributed by atoms with Gasteiger partial charge in [-0.1, -0.05) is 6.07 Å². The van der Waals surface area contributed by atoms with Crippen molar-refractivity contribution in [2.45, 2.75) is 0 Å². The van der Waals surface area contributed by atoms with Gasteiger partial charge in [-0.05, 0) is 24.3 Å². The predicted octanol–water partition coefficient (Wildman–Crippen LogP) is 2.84. The van der Waals surface area contributed by atoms with Crippen LogP contribution in [-0.4, -0.2) is 12.0 Å². The van der Waals surface area contributed by atoms with E-state index >= 15 is 0 Å². The van der Waals surface area contributed by atoms with Gasteiger partial charge in [0.2, 0.25) is 0 Å². The molecular formula is C12H11FN3O-. The van der Waals surface area contributed by atoms with Crippen LogP contribution in [0.3, 0.4) is 0 Å². The van der Waals surface area contributed by atoms with Gasteiger partial charge in [-0.3, -0.25) is 4.98 Å². The Bertz CT molecular complexity index is 517. The molecule has 88 valence electrons. The first kappa shape index (κ1) is 11.3. The van der Waals surface area contributed by atoms with Gasteiger partial charge in [0.25, 0.3) is 0 Å². The lowest BCUT2D eigenvalue weighted by atomic mass is 10.1. The maximum absolute atomic E-state index is 13.8. The lowest BCUT2D eigenvalue weighted by molar-refractivity contribution is 0.631. The zero-order chi connectivity index (χ0) is 12.3. The number of nitrogens with zero attached hydrogens (tertiary/aromatic N) is 1. The molecule has 4 nitrogen and oxygen atoms in total. The first-order valence-electron chi connectivity index (χ1n) is 5.07. The van der Waals surface area contributed by atoms with Gasteiger partial charge in [-0.25, -0.2) is 4.39 Å². The molecule has 0 radical (unpaired) electrons. The van der Waals surface area contributed by atoms with Crippen molar-refractivity contribution in [2.24, 2.45) is 0 Å². The van der Waals surface area contributed by atoms with E-state index in [2.05, 4.69) is 10.3 Å². The Hall–Kier alpha value is -2.14. The number of pyridine rings is 1. The summed E-state index contributed by atoms with van der Waals surface area (Å²) in [6.07, 6.45) is 1.57. The van der Waals surface area contributed by atoms with Crippen molar-refractivity contribution in [1.29, 1.82) is 0 Å². The van der Waals surface area contributed by atoms with Gasteiger partial charge in [0.15, 0.2) is 0 Å². The highest BCUT2D eigenvalue weighted by Gasteiger charge is 2.13. The van der Waals surface area contributed by atoms with Crippen molar-refractivity contribution in [3.05, 3.63) is 47.6 Å². The third-order valence-corrected chi connectivity index (χ3v) is 2.44. The fourth-order valence-electron chi connectivity index (χ4n) is 1.68. The topological polar surface area (TPSA) is 60.0 Å². The Morgan fingerprint density at radius 2 is 2.06 bits per heavy atom. The molecule has 0 unspecified atom stereocenters. The van der Waals surface area contributed by atoms with E-state index < -0.39 is 5.82 Å². The molecule has 1 aromatic carbocycles. The van der Waals surface area contributed by atoms with Crippen LogP contribution in [0.1, 0.15) is 0 Å². The minimum Gasteiger partial charge on any atom is -0.761 e. The molecule has 0 atom stereocenters. The highest BCUT2D eigenvalue weighted by Crippen LogP contribution is 2.35. The van der Waals surface area contributed by atoms with E-state index in [0.717, 1.165) is 0 Å². The van der Waals surface area contributed by atoms with E-state index in [4.69, 9.17) is 0 Å². The summed E-state index contributed by atoms with van der Waals surface area (Å²) in [4.78, 5) is 4.08. The number of rotatable bonds is 3. The summed E-state index contributed by atoms with van der Waals surface area (Å²) in [5, 5.41) is 13.6. The van der Waals surface area contributed by atoms with Crippen LogP contribution in [0.15, 0.2) is 36.5 Å². The minimum atomic E-state index is -0.424. The predicted molar refractivity (Wildman–Crippen MR) is 66.2 cm³/mol. The summed E-state index contributed by atoms with van der Waals surface area (Å²) in [6.45, 7) is 0. The molecule has 0 saturated carbocycles. The number of nitrogens with one attached hydrogen (secondary N) is 2. The molecule has 0 bridgehead atoms. The molecule has 1 heterocycles. The van der Waals surface area contributed by atoms with Gasteiger partial charge in [-0.2, -0.15) is 0 Å². The number of hydrogen-bond acceptors (Lipinski definition) is 4. The minimum absolute atomic E-state index is 0.286. The fourth-order valence-corrected chi connectivity index (χ4v) is 1.68. The Kier molecular flexibility index (Phi) is 3.20. The summed E-state index contributed by atoms with van der Waals surface area (Å²) in [6, 6.07) is 7.83. The molecule has 0 fully saturated rings. The molecule has 17 heavy (non-hydrogen) atoms. The van der Waals surface area contributed by atoms with Crippen molar-refractivity contribution in [1.82, 2.24) is 4.98 Å². The number of anilines is 2. The molecule has 0 aliphatic carbocycles. The van der Waals surface area contributed by atoms with Crippen molar-refractivity contribution in [3.8, 4) is 11.3 Å². The van der Waals surface area contributed by atoms with Gasteiger partial charge >= 0.3 is 0 Å². The second-order valence-corrected chi connectivity index (χ2v) is 3.41. The number of aromatic nitrogens is 1.